The molecule has 0 saturated heterocycles. The van der Waals surface area contributed by atoms with E-state index < -0.39 is 5.91 Å². The standard InChI is InChI=1S/C25H19BrN4O3S2/c1-14-6-3-4-7-16(14)13-33-21-18(26)11-15(12-19(21)32-2)10-17-22(27)30-25(28-23(17)31)35-24(29-30)20-8-5-9-34-20/h3-12,27H,13H2,1-2H3. The number of halogens is 1. The molecule has 0 saturated carbocycles. The van der Waals surface area contributed by atoms with Crippen LogP contribution in [0.15, 0.2) is 74.1 Å². The minimum absolute atomic E-state index is 0.0194. The van der Waals surface area contributed by atoms with E-state index in [9.17, 15) is 4.79 Å². The van der Waals surface area contributed by atoms with Gasteiger partial charge in [-0.05, 0) is 81.0 Å². The number of thioether (sulfide) groups is 1. The first-order chi connectivity index (χ1) is 16.9. The molecule has 0 radical (unpaired) electrons. The van der Waals surface area contributed by atoms with Crippen LogP contribution in [0.5, 0.6) is 11.5 Å². The van der Waals surface area contributed by atoms with Crippen LogP contribution in [0.25, 0.3) is 6.08 Å². The molecule has 2 aromatic carbocycles. The van der Waals surface area contributed by atoms with E-state index in [-0.39, 0.29) is 11.4 Å². The highest BCUT2D eigenvalue weighted by Gasteiger charge is 2.36. The molecular formula is C25H19BrN4O3S2. The van der Waals surface area contributed by atoms with Gasteiger partial charge in [-0.1, -0.05) is 30.3 Å². The SMILES string of the molecule is COc1cc(C=C2C(=N)N3N=C(c4cccs4)SC3=NC2=O)cc(Br)c1OCc1ccccc1C. The summed E-state index contributed by atoms with van der Waals surface area (Å²) in [6.07, 6.45) is 1.62. The predicted molar refractivity (Wildman–Crippen MR) is 145 cm³/mol. The summed E-state index contributed by atoms with van der Waals surface area (Å²) < 4.78 is 12.3. The Morgan fingerprint density at radius 1 is 1.20 bits per heavy atom. The third-order valence-electron chi connectivity index (χ3n) is 5.38. The number of methoxy groups -OCH3 is 1. The van der Waals surface area contributed by atoms with Crippen molar-refractivity contribution >= 4 is 67.1 Å². The Hall–Kier alpha value is -3.21. The second-order valence-corrected chi connectivity index (χ2v) is 10.4. The van der Waals surface area contributed by atoms with Gasteiger partial charge < -0.3 is 9.47 Å². The number of hydrogen-bond acceptors (Lipinski definition) is 7. The van der Waals surface area contributed by atoms with E-state index in [0.29, 0.717) is 33.3 Å². The van der Waals surface area contributed by atoms with Gasteiger partial charge in [0.25, 0.3) is 5.91 Å². The molecule has 0 fully saturated rings. The number of carbonyl (C=O) groups is 1. The van der Waals surface area contributed by atoms with Gasteiger partial charge >= 0.3 is 0 Å². The molecule has 3 heterocycles. The molecule has 0 spiro atoms. The first-order valence-corrected chi connectivity index (χ1v) is 13.0. The summed E-state index contributed by atoms with van der Waals surface area (Å²) in [5.41, 5.74) is 3.03. The maximum Gasteiger partial charge on any atom is 0.283 e. The zero-order valence-corrected chi connectivity index (χ0v) is 22.0. The first kappa shape index (κ1) is 23.5. The number of rotatable bonds is 6. The molecule has 1 amide bonds. The quantitative estimate of drug-likeness (QED) is 0.365. The van der Waals surface area contributed by atoms with Gasteiger partial charge in [0.2, 0.25) is 5.17 Å². The van der Waals surface area contributed by atoms with Gasteiger partial charge in [0.1, 0.15) is 11.7 Å². The number of ether oxygens (including phenoxy) is 2. The Bertz CT molecular complexity index is 1430. The largest absolute Gasteiger partial charge is 0.493 e. The monoisotopic (exact) mass is 566 g/mol. The molecule has 5 rings (SSSR count). The van der Waals surface area contributed by atoms with Crippen LogP contribution in [0.3, 0.4) is 0 Å². The fraction of sp³-hybridized carbons (Fsp3) is 0.120. The van der Waals surface area contributed by atoms with Gasteiger partial charge in [0, 0.05) is 0 Å². The highest BCUT2D eigenvalue weighted by atomic mass is 79.9. The number of amidine groups is 2. The van der Waals surface area contributed by atoms with E-state index in [1.54, 1.807) is 30.6 Å². The number of amides is 1. The summed E-state index contributed by atoms with van der Waals surface area (Å²) in [4.78, 5) is 17.9. The maximum absolute atomic E-state index is 12.8. The van der Waals surface area contributed by atoms with E-state index in [1.165, 1.54) is 16.8 Å². The third kappa shape index (κ3) is 4.69. The summed E-state index contributed by atoms with van der Waals surface area (Å²) in [5.74, 6) is 0.568. The number of carbonyl (C=O) groups excluding carboxylic acids is 1. The normalized spacial score (nSPS) is 16.3. The lowest BCUT2D eigenvalue weighted by Crippen LogP contribution is -2.35. The van der Waals surface area contributed by atoms with E-state index in [1.807, 2.05) is 54.8 Å². The van der Waals surface area contributed by atoms with Crippen LogP contribution in [-0.2, 0) is 11.4 Å². The Kier molecular flexibility index (Phi) is 6.59. The molecule has 0 bridgehead atoms. The molecule has 1 N–H and O–H groups in total. The number of nitrogens with one attached hydrogen (secondary N) is 1. The van der Waals surface area contributed by atoms with Gasteiger partial charge in [0.05, 0.1) is 22.0 Å². The lowest BCUT2D eigenvalue weighted by Gasteiger charge is -2.20. The van der Waals surface area contributed by atoms with Gasteiger partial charge in [-0.2, -0.15) is 15.1 Å². The number of hydrazone groups is 1. The van der Waals surface area contributed by atoms with Crippen LogP contribution in [0.1, 0.15) is 21.6 Å². The van der Waals surface area contributed by atoms with Crippen molar-refractivity contribution < 1.29 is 14.3 Å². The van der Waals surface area contributed by atoms with Gasteiger partial charge in [0.15, 0.2) is 17.3 Å². The number of benzene rings is 2. The third-order valence-corrected chi connectivity index (χ3v) is 7.92. The minimum atomic E-state index is -0.480. The minimum Gasteiger partial charge on any atom is -0.493 e. The number of thiophene rings is 1. The predicted octanol–water partition coefficient (Wildman–Crippen LogP) is 6.07. The highest BCUT2D eigenvalue weighted by Crippen LogP contribution is 2.39. The average molecular weight is 567 g/mol. The fourth-order valence-electron chi connectivity index (χ4n) is 3.54. The van der Waals surface area contributed by atoms with Crippen LogP contribution in [0.4, 0.5) is 0 Å². The number of aliphatic imine (C=N–C) groups is 1. The molecule has 35 heavy (non-hydrogen) atoms. The lowest BCUT2D eigenvalue weighted by atomic mass is 10.1. The summed E-state index contributed by atoms with van der Waals surface area (Å²) >= 11 is 6.40. The van der Waals surface area contributed by atoms with Gasteiger partial charge in [-0.25, -0.2) is 0 Å². The van der Waals surface area contributed by atoms with Crippen molar-refractivity contribution in [2.75, 3.05) is 7.11 Å². The molecule has 7 nitrogen and oxygen atoms in total. The molecule has 2 aliphatic rings. The van der Waals surface area contributed by atoms with Crippen LogP contribution < -0.4 is 9.47 Å². The zero-order chi connectivity index (χ0) is 24.5. The molecule has 1 aromatic heterocycles. The molecular weight excluding hydrogens is 548 g/mol. The molecule has 2 aliphatic heterocycles. The van der Waals surface area contributed by atoms with E-state index >= 15 is 0 Å². The molecule has 176 valence electrons. The number of hydrogen-bond donors (Lipinski definition) is 1. The van der Waals surface area contributed by atoms with E-state index in [4.69, 9.17) is 14.9 Å². The van der Waals surface area contributed by atoms with Crippen molar-refractivity contribution in [3.8, 4) is 11.5 Å². The summed E-state index contributed by atoms with van der Waals surface area (Å²) in [7, 11) is 1.56. The molecule has 0 aliphatic carbocycles. The van der Waals surface area contributed by atoms with Crippen molar-refractivity contribution in [1.29, 1.82) is 5.41 Å². The summed E-state index contributed by atoms with van der Waals surface area (Å²) in [5, 5.41) is 17.6. The topological polar surface area (TPSA) is 87.3 Å². The fourth-order valence-corrected chi connectivity index (χ4v) is 5.80. The summed E-state index contributed by atoms with van der Waals surface area (Å²) in [6.45, 7) is 2.43. The lowest BCUT2D eigenvalue weighted by molar-refractivity contribution is -0.114. The molecule has 0 unspecified atom stereocenters. The Balaban J connectivity index is 1.42. The number of aryl methyl sites for hydroxylation is 1. The van der Waals surface area contributed by atoms with Gasteiger partial charge in [-0.3, -0.25) is 10.2 Å². The molecule has 3 aromatic rings. The Morgan fingerprint density at radius 2 is 2.03 bits per heavy atom. The van der Waals surface area contributed by atoms with Crippen LogP contribution in [0.2, 0.25) is 0 Å². The first-order valence-electron chi connectivity index (χ1n) is 10.5. The Morgan fingerprint density at radius 3 is 2.77 bits per heavy atom. The van der Waals surface area contributed by atoms with Crippen molar-refractivity contribution in [3.63, 3.8) is 0 Å². The Labute approximate surface area is 218 Å². The molecule has 10 heteroatoms. The zero-order valence-electron chi connectivity index (χ0n) is 18.7. The molecule has 0 atom stereocenters. The second kappa shape index (κ2) is 9.80. The van der Waals surface area contributed by atoms with Crippen molar-refractivity contribution in [1.82, 2.24) is 5.01 Å². The maximum atomic E-state index is 12.8. The number of fused-ring (bicyclic) bond motifs is 1. The van der Waals surface area contributed by atoms with Crippen molar-refractivity contribution in [3.05, 3.63) is 85.5 Å². The van der Waals surface area contributed by atoms with Crippen molar-refractivity contribution in [2.24, 2.45) is 10.1 Å². The number of nitrogens with zero attached hydrogens (tertiary/aromatic N) is 3. The van der Waals surface area contributed by atoms with Gasteiger partial charge in [-0.15, -0.1) is 11.3 Å². The van der Waals surface area contributed by atoms with Crippen molar-refractivity contribution in [2.45, 2.75) is 13.5 Å². The average Bonchev–Trinajstić information content (AvgIpc) is 3.52. The van der Waals surface area contributed by atoms with Crippen LogP contribution in [0, 0.1) is 12.3 Å². The van der Waals surface area contributed by atoms with Crippen LogP contribution >= 0.6 is 39.0 Å². The summed E-state index contributed by atoms with van der Waals surface area (Å²) in [6, 6.07) is 15.5. The van der Waals surface area contributed by atoms with E-state index in [2.05, 4.69) is 26.0 Å². The second-order valence-electron chi connectivity index (χ2n) is 7.65. The highest BCUT2D eigenvalue weighted by molar-refractivity contribution is 9.10. The smallest absolute Gasteiger partial charge is 0.283 e. The van der Waals surface area contributed by atoms with E-state index in [0.717, 1.165) is 21.0 Å². The van der Waals surface area contributed by atoms with Crippen LogP contribution in [-0.4, -0.2) is 34.1 Å².